The summed E-state index contributed by atoms with van der Waals surface area (Å²) in [6, 6.07) is 15.5. The Bertz CT molecular complexity index is 977. The Morgan fingerprint density at radius 1 is 1.07 bits per heavy atom. The normalized spacial score (nSPS) is 10.4. The van der Waals surface area contributed by atoms with Crippen LogP contribution in [0.15, 0.2) is 54.6 Å². The van der Waals surface area contributed by atoms with Crippen LogP contribution in [0.5, 0.6) is 5.75 Å². The highest BCUT2D eigenvalue weighted by atomic mass is 19.1. The molecule has 2 N–H and O–H groups in total. The zero-order valence-electron chi connectivity index (χ0n) is 16.4. The summed E-state index contributed by atoms with van der Waals surface area (Å²) >= 11 is 0. The Labute approximate surface area is 169 Å². The van der Waals surface area contributed by atoms with E-state index in [1.807, 2.05) is 24.3 Å². The van der Waals surface area contributed by atoms with Crippen LogP contribution in [0.25, 0.3) is 0 Å². The Balaban J connectivity index is 1.57. The monoisotopic (exact) mass is 394 g/mol. The van der Waals surface area contributed by atoms with Crippen molar-refractivity contribution in [1.82, 2.24) is 15.3 Å². The minimum absolute atomic E-state index is 0.261. The van der Waals surface area contributed by atoms with Gasteiger partial charge >= 0.3 is 0 Å². The van der Waals surface area contributed by atoms with Crippen LogP contribution >= 0.6 is 0 Å². The van der Waals surface area contributed by atoms with Gasteiger partial charge in [0.25, 0.3) is 5.91 Å². The van der Waals surface area contributed by atoms with Crippen molar-refractivity contribution < 1.29 is 13.9 Å². The average Bonchev–Trinajstić information content (AvgIpc) is 2.73. The molecule has 0 aliphatic rings. The van der Waals surface area contributed by atoms with E-state index in [-0.39, 0.29) is 11.7 Å². The van der Waals surface area contributed by atoms with Crippen molar-refractivity contribution in [3.63, 3.8) is 0 Å². The fourth-order valence-corrected chi connectivity index (χ4v) is 2.79. The first-order chi connectivity index (χ1) is 14.0. The van der Waals surface area contributed by atoms with Crippen LogP contribution in [0.3, 0.4) is 0 Å². The summed E-state index contributed by atoms with van der Waals surface area (Å²) in [6.07, 6.45) is 0.683. The van der Waals surface area contributed by atoms with E-state index in [0.717, 1.165) is 16.9 Å². The van der Waals surface area contributed by atoms with E-state index in [9.17, 15) is 9.18 Å². The summed E-state index contributed by atoms with van der Waals surface area (Å²) in [4.78, 5) is 21.1. The van der Waals surface area contributed by atoms with Crippen molar-refractivity contribution in [2.24, 2.45) is 0 Å². The second-order valence-corrected chi connectivity index (χ2v) is 6.56. The van der Waals surface area contributed by atoms with E-state index in [4.69, 9.17) is 4.74 Å². The van der Waals surface area contributed by atoms with Crippen molar-refractivity contribution in [3.05, 3.63) is 82.9 Å². The lowest BCUT2D eigenvalue weighted by Gasteiger charge is -2.09. The van der Waals surface area contributed by atoms with E-state index in [1.165, 1.54) is 12.1 Å². The molecule has 1 heterocycles. The van der Waals surface area contributed by atoms with E-state index in [1.54, 1.807) is 32.2 Å². The van der Waals surface area contributed by atoms with Gasteiger partial charge in [0.2, 0.25) is 5.95 Å². The largest absolute Gasteiger partial charge is 0.497 e. The summed E-state index contributed by atoms with van der Waals surface area (Å²) in [5.74, 6) is 0.598. The first-order valence-electron chi connectivity index (χ1n) is 9.28. The number of nitrogens with one attached hydrogen (secondary N) is 2. The zero-order chi connectivity index (χ0) is 20.6. The highest BCUT2D eigenvalue weighted by Gasteiger charge is 2.10. The van der Waals surface area contributed by atoms with Gasteiger partial charge in [0, 0.05) is 18.8 Å². The molecular formula is C22H23FN4O2. The van der Waals surface area contributed by atoms with Crippen molar-refractivity contribution in [1.29, 1.82) is 0 Å². The van der Waals surface area contributed by atoms with E-state index < -0.39 is 0 Å². The van der Waals surface area contributed by atoms with Gasteiger partial charge in [-0.15, -0.1) is 0 Å². The molecular weight excluding hydrogens is 371 g/mol. The van der Waals surface area contributed by atoms with Crippen molar-refractivity contribution >= 4 is 11.9 Å². The molecule has 7 heteroatoms. The number of aromatic nitrogens is 2. The number of rotatable bonds is 8. The molecule has 0 bridgehead atoms. The van der Waals surface area contributed by atoms with E-state index >= 15 is 0 Å². The fraction of sp³-hybridized carbons (Fsp3) is 0.227. The van der Waals surface area contributed by atoms with Gasteiger partial charge < -0.3 is 15.4 Å². The average molecular weight is 394 g/mol. The van der Waals surface area contributed by atoms with Crippen molar-refractivity contribution in [2.75, 3.05) is 19.0 Å². The maximum Gasteiger partial charge on any atom is 0.270 e. The maximum absolute atomic E-state index is 13.0. The highest BCUT2D eigenvalue weighted by Crippen LogP contribution is 2.13. The molecule has 0 saturated carbocycles. The van der Waals surface area contributed by atoms with Crippen LogP contribution in [0, 0.1) is 12.7 Å². The lowest BCUT2D eigenvalue weighted by molar-refractivity contribution is 0.0949. The fourth-order valence-electron chi connectivity index (χ4n) is 2.79. The summed E-state index contributed by atoms with van der Waals surface area (Å²) < 4.78 is 18.2. The topological polar surface area (TPSA) is 76.1 Å². The van der Waals surface area contributed by atoms with Gasteiger partial charge in [-0.05, 0) is 54.8 Å². The molecule has 6 nitrogen and oxygen atoms in total. The molecule has 0 aliphatic carbocycles. The number of carbonyl (C=O) groups is 1. The number of hydrogen-bond acceptors (Lipinski definition) is 5. The molecule has 3 aromatic rings. The summed E-state index contributed by atoms with van der Waals surface area (Å²) in [6.45, 7) is 2.71. The SMILES string of the molecule is COc1cccc(CCNC(=O)c2cc(C)nc(NCc3ccc(F)cc3)n2)c1. The van der Waals surface area contributed by atoms with Gasteiger partial charge in [-0.1, -0.05) is 24.3 Å². The summed E-state index contributed by atoms with van der Waals surface area (Å²) in [5.41, 5.74) is 2.94. The number of anilines is 1. The van der Waals surface area contributed by atoms with Gasteiger partial charge in [-0.2, -0.15) is 0 Å². The Hall–Kier alpha value is -3.48. The van der Waals surface area contributed by atoms with E-state index in [2.05, 4.69) is 20.6 Å². The number of carbonyl (C=O) groups excluding carboxylic acids is 1. The quantitative estimate of drug-likeness (QED) is 0.611. The maximum atomic E-state index is 13.0. The Morgan fingerprint density at radius 2 is 1.86 bits per heavy atom. The standard InChI is InChI=1S/C22H23FN4O2/c1-15-12-20(21(28)24-11-10-16-4-3-5-19(13-16)29-2)27-22(26-15)25-14-17-6-8-18(23)9-7-17/h3-9,12-13H,10-11,14H2,1-2H3,(H,24,28)(H,25,26,27). The van der Waals surface area contributed by atoms with Crippen LogP contribution in [0.2, 0.25) is 0 Å². The third-order valence-electron chi connectivity index (χ3n) is 4.28. The molecule has 1 amide bonds. The number of benzene rings is 2. The molecule has 0 atom stereocenters. The molecule has 0 unspecified atom stereocenters. The molecule has 0 radical (unpaired) electrons. The third-order valence-corrected chi connectivity index (χ3v) is 4.28. The van der Waals surface area contributed by atoms with Crippen LogP contribution in [0.1, 0.15) is 27.3 Å². The molecule has 1 aromatic heterocycles. The van der Waals surface area contributed by atoms with Gasteiger partial charge in [-0.3, -0.25) is 4.79 Å². The molecule has 0 aliphatic heterocycles. The number of aryl methyl sites for hydroxylation is 1. The lowest BCUT2D eigenvalue weighted by atomic mass is 10.1. The zero-order valence-corrected chi connectivity index (χ0v) is 16.4. The number of hydrogen-bond donors (Lipinski definition) is 2. The van der Waals surface area contributed by atoms with Crippen LogP contribution in [0.4, 0.5) is 10.3 Å². The minimum atomic E-state index is -0.284. The van der Waals surface area contributed by atoms with E-state index in [0.29, 0.717) is 36.8 Å². The van der Waals surface area contributed by atoms with Crippen molar-refractivity contribution in [2.45, 2.75) is 19.9 Å². The number of nitrogens with zero attached hydrogens (tertiary/aromatic N) is 2. The lowest BCUT2D eigenvalue weighted by Crippen LogP contribution is -2.27. The van der Waals surface area contributed by atoms with Gasteiger partial charge in [-0.25, -0.2) is 14.4 Å². The molecule has 150 valence electrons. The van der Waals surface area contributed by atoms with Gasteiger partial charge in [0.1, 0.15) is 17.3 Å². The number of methoxy groups -OCH3 is 1. The predicted molar refractivity (Wildman–Crippen MR) is 110 cm³/mol. The molecule has 0 spiro atoms. The second kappa shape index (κ2) is 9.64. The molecule has 0 saturated heterocycles. The molecule has 0 fully saturated rings. The van der Waals surface area contributed by atoms with Crippen molar-refractivity contribution in [3.8, 4) is 5.75 Å². The first kappa shape index (κ1) is 20.3. The first-order valence-corrected chi connectivity index (χ1v) is 9.28. The summed E-state index contributed by atoms with van der Waals surface area (Å²) in [5, 5.41) is 5.95. The molecule has 29 heavy (non-hydrogen) atoms. The summed E-state index contributed by atoms with van der Waals surface area (Å²) in [7, 11) is 1.63. The van der Waals surface area contributed by atoms with Crippen LogP contribution in [-0.4, -0.2) is 29.5 Å². The number of ether oxygens (including phenoxy) is 1. The highest BCUT2D eigenvalue weighted by molar-refractivity contribution is 5.92. The molecule has 2 aromatic carbocycles. The molecule has 3 rings (SSSR count). The number of halogens is 1. The smallest absolute Gasteiger partial charge is 0.270 e. The minimum Gasteiger partial charge on any atom is -0.497 e. The Kier molecular flexibility index (Phi) is 6.73. The second-order valence-electron chi connectivity index (χ2n) is 6.56. The van der Waals surface area contributed by atoms with Crippen LogP contribution < -0.4 is 15.4 Å². The van der Waals surface area contributed by atoms with Gasteiger partial charge in [0.15, 0.2) is 0 Å². The predicted octanol–water partition coefficient (Wildman–Crippen LogP) is 3.52. The number of amides is 1. The Morgan fingerprint density at radius 3 is 2.62 bits per heavy atom. The van der Waals surface area contributed by atoms with Gasteiger partial charge in [0.05, 0.1) is 7.11 Å². The third kappa shape index (κ3) is 6.00. The van der Waals surface area contributed by atoms with Crippen LogP contribution in [-0.2, 0) is 13.0 Å².